The molecule has 5 nitrogen and oxygen atoms in total. The van der Waals surface area contributed by atoms with Crippen LogP contribution in [-0.2, 0) is 11.2 Å². The molecule has 2 N–H and O–H groups in total. The molecule has 5 heteroatoms. The van der Waals surface area contributed by atoms with Crippen molar-refractivity contribution < 1.29 is 9.90 Å². The van der Waals surface area contributed by atoms with E-state index < -0.39 is 0 Å². The molecule has 3 rings (SSSR count). The highest BCUT2D eigenvalue weighted by atomic mass is 16.3. The minimum Gasteiger partial charge on any atom is -0.507 e. The number of para-hydroxylation sites is 2. The van der Waals surface area contributed by atoms with Crippen LogP contribution in [0.25, 0.3) is 0 Å². The highest BCUT2D eigenvalue weighted by molar-refractivity contribution is 6.53. The van der Waals surface area contributed by atoms with E-state index in [1.807, 2.05) is 36.4 Å². The number of hydrogen-bond acceptors (Lipinski definition) is 4. The lowest BCUT2D eigenvalue weighted by molar-refractivity contribution is -0.110. The Labute approximate surface area is 133 Å². The second-order valence-electron chi connectivity index (χ2n) is 5.04. The Morgan fingerprint density at radius 3 is 2.83 bits per heavy atom. The maximum Gasteiger partial charge on any atom is 0.276 e. The van der Waals surface area contributed by atoms with Crippen LogP contribution in [0.4, 0.5) is 5.69 Å². The third-order valence-electron chi connectivity index (χ3n) is 3.52. The number of phenols is 1. The van der Waals surface area contributed by atoms with Gasteiger partial charge in [0.15, 0.2) is 5.71 Å². The van der Waals surface area contributed by atoms with Gasteiger partial charge < -0.3 is 10.4 Å². The Bertz CT molecular complexity index is 838. The fourth-order valence-electron chi connectivity index (χ4n) is 2.39. The van der Waals surface area contributed by atoms with E-state index in [1.165, 1.54) is 6.21 Å². The number of rotatable bonds is 4. The largest absolute Gasteiger partial charge is 0.507 e. The fraction of sp³-hybridized carbons (Fsp3) is 0.0556. The standard InChI is InChI=1S/C18H15N3O2/c1-2-6-12-7-5-8-13(17(12)22)11-19-21-16-14-9-3-4-10-15(14)20-18(16)23/h2-5,7-11,22H,1,6H2,(H,20,21,23)/b19-11+. The van der Waals surface area contributed by atoms with Crippen molar-refractivity contribution in [1.29, 1.82) is 0 Å². The maximum atomic E-state index is 11.9. The van der Waals surface area contributed by atoms with E-state index in [9.17, 15) is 9.90 Å². The normalized spacial score (nSPS) is 15.0. The molecule has 2 aromatic carbocycles. The number of carbonyl (C=O) groups excluding carboxylic acids is 1. The topological polar surface area (TPSA) is 74.0 Å². The van der Waals surface area contributed by atoms with Gasteiger partial charge in [-0.25, -0.2) is 0 Å². The molecule has 2 aromatic rings. The summed E-state index contributed by atoms with van der Waals surface area (Å²) in [6.07, 6.45) is 3.72. The van der Waals surface area contributed by atoms with Crippen molar-refractivity contribution in [2.75, 3.05) is 5.32 Å². The molecule has 114 valence electrons. The van der Waals surface area contributed by atoms with Crippen LogP contribution in [0.15, 0.2) is 65.3 Å². The number of carbonyl (C=O) groups is 1. The number of amides is 1. The summed E-state index contributed by atoms with van der Waals surface area (Å²) in [5.74, 6) is -0.138. The van der Waals surface area contributed by atoms with E-state index in [2.05, 4.69) is 22.1 Å². The second-order valence-corrected chi connectivity index (χ2v) is 5.04. The van der Waals surface area contributed by atoms with E-state index >= 15 is 0 Å². The summed E-state index contributed by atoms with van der Waals surface area (Å²) in [6.45, 7) is 3.66. The first-order chi connectivity index (χ1) is 11.2. The lowest BCUT2D eigenvalue weighted by Gasteiger charge is -2.03. The number of aromatic hydroxyl groups is 1. The van der Waals surface area contributed by atoms with Gasteiger partial charge in [0.2, 0.25) is 0 Å². The number of hydrogen-bond donors (Lipinski definition) is 2. The number of benzene rings is 2. The lowest BCUT2D eigenvalue weighted by atomic mass is 10.1. The van der Waals surface area contributed by atoms with Crippen molar-refractivity contribution in [1.82, 2.24) is 0 Å². The molecule has 1 amide bonds. The van der Waals surface area contributed by atoms with Gasteiger partial charge in [-0.15, -0.1) is 11.7 Å². The van der Waals surface area contributed by atoms with Crippen LogP contribution >= 0.6 is 0 Å². The molecule has 0 aliphatic carbocycles. The monoisotopic (exact) mass is 305 g/mol. The highest BCUT2D eigenvalue weighted by Crippen LogP contribution is 2.23. The van der Waals surface area contributed by atoms with E-state index in [-0.39, 0.29) is 17.4 Å². The van der Waals surface area contributed by atoms with Crippen molar-refractivity contribution in [2.45, 2.75) is 6.42 Å². The molecule has 0 saturated carbocycles. The summed E-state index contributed by atoms with van der Waals surface area (Å²) < 4.78 is 0. The number of anilines is 1. The third-order valence-corrected chi connectivity index (χ3v) is 3.52. The van der Waals surface area contributed by atoms with Gasteiger partial charge in [-0.05, 0) is 24.1 Å². The predicted octanol–water partition coefficient (Wildman–Crippen LogP) is 2.90. The first-order valence-electron chi connectivity index (χ1n) is 7.14. The molecular formula is C18H15N3O2. The molecule has 0 fully saturated rings. The number of nitrogens with one attached hydrogen (secondary N) is 1. The Balaban J connectivity index is 1.89. The van der Waals surface area contributed by atoms with E-state index in [0.717, 1.165) is 16.8 Å². The second kappa shape index (κ2) is 6.27. The Morgan fingerprint density at radius 2 is 2.00 bits per heavy atom. The zero-order valence-electron chi connectivity index (χ0n) is 12.4. The van der Waals surface area contributed by atoms with Crippen LogP contribution in [0.3, 0.4) is 0 Å². The fourth-order valence-corrected chi connectivity index (χ4v) is 2.39. The Morgan fingerprint density at radius 1 is 1.17 bits per heavy atom. The molecule has 0 atom stereocenters. The van der Waals surface area contributed by atoms with Gasteiger partial charge in [0.25, 0.3) is 5.91 Å². The minimum absolute atomic E-state index is 0.146. The number of nitrogens with zero attached hydrogens (tertiary/aromatic N) is 2. The van der Waals surface area contributed by atoms with Crippen molar-refractivity contribution in [3.8, 4) is 5.75 Å². The summed E-state index contributed by atoms with van der Waals surface area (Å²) in [5, 5.41) is 20.8. The van der Waals surface area contributed by atoms with Gasteiger partial charge in [0.1, 0.15) is 5.75 Å². The lowest BCUT2D eigenvalue weighted by Crippen LogP contribution is -2.13. The van der Waals surface area contributed by atoms with Gasteiger partial charge in [0.05, 0.1) is 11.9 Å². The third kappa shape index (κ3) is 2.89. The highest BCUT2D eigenvalue weighted by Gasteiger charge is 2.25. The van der Waals surface area contributed by atoms with Gasteiger partial charge >= 0.3 is 0 Å². The van der Waals surface area contributed by atoms with Crippen LogP contribution in [0.2, 0.25) is 0 Å². The first kappa shape index (κ1) is 14.7. The number of fused-ring (bicyclic) bond motifs is 1. The van der Waals surface area contributed by atoms with Crippen LogP contribution in [0, 0.1) is 0 Å². The summed E-state index contributed by atoms with van der Waals surface area (Å²) in [4.78, 5) is 11.9. The molecule has 0 spiro atoms. The van der Waals surface area contributed by atoms with Gasteiger partial charge in [-0.1, -0.05) is 36.4 Å². The first-order valence-corrected chi connectivity index (χ1v) is 7.14. The molecule has 0 radical (unpaired) electrons. The molecule has 1 aliphatic heterocycles. The van der Waals surface area contributed by atoms with Gasteiger partial charge in [-0.2, -0.15) is 5.10 Å². The van der Waals surface area contributed by atoms with Crippen molar-refractivity contribution in [3.63, 3.8) is 0 Å². The van der Waals surface area contributed by atoms with Gasteiger partial charge in [0, 0.05) is 11.1 Å². The predicted molar refractivity (Wildman–Crippen MR) is 91.2 cm³/mol. The smallest absolute Gasteiger partial charge is 0.276 e. The summed E-state index contributed by atoms with van der Waals surface area (Å²) in [5.41, 5.74) is 3.01. The quantitative estimate of drug-likeness (QED) is 0.518. The van der Waals surface area contributed by atoms with Crippen LogP contribution in [-0.4, -0.2) is 22.9 Å². The van der Waals surface area contributed by atoms with Crippen LogP contribution in [0.1, 0.15) is 16.7 Å². The number of allylic oxidation sites excluding steroid dienone is 1. The Hall–Kier alpha value is -3.21. The molecule has 0 bridgehead atoms. The molecule has 1 aliphatic rings. The molecule has 23 heavy (non-hydrogen) atoms. The zero-order chi connectivity index (χ0) is 16.2. The average Bonchev–Trinajstić information content (AvgIpc) is 2.87. The Kier molecular flexibility index (Phi) is 4.01. The maximum absolute atomic E-state index is 11.9. The molecule has 1 heterocycles. The van der Waals surface area contributed by atoms with E-state index in [0.29, 0.717) is 12.0 Å². The minimum atomic E-state index is -0.284. The van der Waals surface area contributed by atoms with E-state index in [4.69, 9.17) is 0 Å². The summed E-state index contributed by atoms with van der Waals surface area (Å²) in [6, 6.07) is 12.7. The van der Waals surface area contributed by atoms with Crippen LogP contribution < -0.4 is 5.32 Å². The van der Waals surface area contributed by atoms with Crippen molar-refractivity contribution in [2.24, 2.45) is 10.2 Å². The van der Waals surface area contributed by atoms with Gasteiger partial charge in [-0.3, -0.25) is 4.79 Å². The van der Waals surface area contributed by atoms with Crippen molar-refractivity contribution in [3.05, 3.63) is 71.8 Å². The molecular weight excluding hydrogens is 290 g/mol. The number of phenolic OH excluding ortho intramolecular Hbond substituents is 1. The molecule has 0 aromatic heterocycles. The van der Waals surface area contributed by atoms with E-state index in [1.54, 1.807) is 12.1 Å². The van der Waals surface area contributed by atoms with Crippen molar-refractivity contribution >= 4 is 23.5 Å². The SMILES string of the molecule is C=CCc1cccc(/C=N/N=C2\C(=O)Nc3ccccc32)c1O. The summed E-state index contributed by atoms with van der Waals surface area (Å²) in [7, 11) is 0. The molecule has 0 unspecified atom stereocenters. The zero-order valence-corrected chi connectivity index (χ0v) is 12.4. The molecule has 0 saturated heterocycles. The van der Waals surface area contributed by atoms with Crippen LogP contribution in [0.5, 0.6) is 5.75 Å². The average molecular weight is 305 g/mol. The summed E-state index contributed by atoms with van der Waals surface area (Å²) >= 11 is 0.